The monoisotopic (exact) mass is 345 g/mol. The zero-order chi connectivity index (χ0) is 16.9. The van der Waals surface area contributed by atoms with Crippen LogP contribution in [0.1, 0.15) is 30.3 Å². The molecule has 1 fully saturated rings. The third kappa shape index (κ3) is 3.76. The summed E-state index contributed by atoms with van der Waals surface area (Å²) < 4.78 is 5.45. The molecule has 1 aromatic heterocycles. The second-order valence-corrected chi connectivity index (χ2v) is 6.82. The molecule has 1 aromatic carbocycles. The zero-order valence-electron chi connectivity index (χ0n) is 13.9. The van der Waals surface area contributed by atoms with Crippen molar-refractivity contribution in [1.29, 1.82) is 0 Å². The van der Waals surface area contributed by atoms with Crippen molar-refractivity contribution in [3.63, 3.8) is 0 Å². The zero-order valence-corrected chi connectivity index (χ0v) is 14.7. The Morgan fingerprint density at radius 1 is 1.33 bits per heavy atom. The van der Waals surface area contributed by atoms with E-state index in [1.807, 2.05) is 41.5 Å². The van der Waals surface area contributed by atoms with Crippen LogP contribution in [0, 0.1) is 5.92 Å². The van der Waals surface area contributed by atoms with Crippen LogP contribution < -0.4 is 10.5 Å². The molecule has 1 amide bonds. The number of hydrogen-bond acceptors (Lipinski definition) is 5. The Labute approximate surface area is 146 Å². The summed E-state index contributed by atoms with van der Waals surface area (Å²) in [6, 6.07) is 7.81. The van der Waals surface area contributed by atoms with Gasteiger partial charge >= 0.3 is 0 Å². The van der Waals surface area contributed by atoms with E-state index in [-0.39, 0.29) is 5.91 Å². The molecule has 0 atom stereocenters. The summed E-state index contributed by atoms with van der Waals surface area (Å²) >= 11 is 1.50. The first kappa shape index (κ1) is 16.9. The number of piperidine rings is 1. The van der Waals surface area contributed by atoms with Gasteiger partial charge in [-0.1, -0.05) is 0 Å². The average Bonchev–Trinajstić information content (AvgIpc) is 3.12. The van der Waals surface area contributed by atoms with Gasteiger partial charge in [-0.2, -0.15) is 0 Å². The minimum atomic E-state index is 0.0268. The van der Waals surface area contributed by atoms with Crippen molar-refractivity contribution in [3.8, 4) is 16.3 Å². The van der Waals surface area contributed by atoms with Crippen LogP contribution in [0.25, 0.3) is 10.6 Å². The Kier molecular flexibility index (Phi) is 5.48. The average molecular weight is 345 g/mol. The highest BCUT2D eigenvalue weighted by molar-refractivity contribution is 7.13. The normalized spacial score (nSPS) is 15.5. The fourth-order valence-corrected chi connectivity index (χ4v) is 3.70. The van der Waals surface area contributed by atoms with Gasteiger partial charge in [0, 0.05) is 24.0 Å². The Morgan fingerprint density at radius 2 is 2.04 bits per heavy atom. The van der Waals surface area contributed by atoms with Crippen LogP contribution >= 0.6 is 11.3 Å². The van der Waals surface area contributed by atoms with Crippen LogP contribution in [0.5, 0.6) is 5.75 Å². The first-order chi connectivity index (χ1) is 11.7. The van der Waals surface area contributed by atoms with Crippen molar-refractivity contribution in [2.24, 2.45) is 11.7 Å². The molecule has 0 saturated carbocycles. The molecule has 0 bridgehead atoms. The molecule has 1 aliphatic rings. The lowest BCUT2D eigenvalue weighted by molar-refractivity contribution is 0.0688. The van der Waals surface area contributed by atoms with E-state index in [2.05, 4.69) is 4.98 Å². The summed E-state index contributed by atoms with van der Waals surface area (Å²) in [6.07, 6.45) is 1.97. The van der Waals surface area contributed by atoms with Crippen LogP contribution in [0.15, 0.2) is 29.6 Å². The van der Waals surface area contributed by atoms with Gasteiger partial charge < -0.3 is 15.4 Å². The molecule has 2 heterocycles. The molecule has 2 N–H and O–H groups in total. The number of rotatable bonds is 5. The number of hydrogen-bond donors (Lipinski definition) is 1. The van der Waals surface area contributed by atoms with E-state index in [0.717, 1.165) is 42.3 Å². The maximum atomic E-state index is 12.6. The fraction of sp³-hybridized carbons (Fsp3) is 0.444. The van der Waals surface area contributed by atoms with Gasteiger partial charge in [0.2, 0.25) is 0 Å². The van der Waals surface area contributed by atoms with Crippen molar-refractivity contribution < 1.29 is 9.53 Å². The Hall–Kier alpha value is -1.92. The summed E-state index contributed by atoms with van der Waals surface area (Å²) in [5, 5.41) is 2.71. The summed E-state index contributed by atoms with van der Waals surface area (Å²) in [7, 11) is 0. The van der Waals surface area contributed by atoms with Gasteiger partial charge in [0.05, 0.1) is 6.61 Å². The van der Waals surface area contributed by atoms with Gasteiger partial charge in [0.25, 0.3) is 5.91 Å². The maximum Gasteiger partial charge on any atom is 0.273 e. The lowest BCUT2D eigenvalue weighted by Gasteiger charge is -2.30. The Bertz CT molecular complexity index is 676. The van der Waals surface area contributed by atoms with E-state index in [0.29, 0.717) is 24.8 Å². The molecule has 0 aliphatic carbocycles. The van der Waals surface area contributed by atoms with Gasteiger partial charge in [-0.05, 0) is 56.5 Å². The van der Waals surface area contributed by atoms with Crippen LogP contribution in [0.3, 0.4) is 0 Å². The van der Waals surface area contributed by atoms with Crippen LogP contribution in [-0.4, -0.2) is 42.0 Å². The number of nitrogens with zero attached hydrogens (tertiary/aromatic N) is 2. The molecule has 3 rings (SSSR count). The molecule has 0 spiro atoms. The number of likely N-dealkylation sites (tertiary alicyclic amines) is 1. The molecule has 5 nitrogen and oxygen atoms in total. The van der Waals surface area contributed by atoms with Gasteiger partial charge in [0.1, 0.15) is 16.5 Å². The van der Waals surface area contributed by atoms with Crippen molar-refractivity contribution in [2.75, 3.05) is 26.2 Å². The minimum Gasteiger partial charge on any atom is -0.494 e. The van der Waals surface area contributed by atoms with Gasteiger partial charge in [-0.3, -0.25) is 4.79 Å². The van der Waals surface area contributed by atoms with E-state index in [1.165, 1.54) is 11.3 Å². The third-order valence-electron chi connectivity index (χ3n) is 4.37. The van der Waals surface area contributed by atoms with Crippen molar-refractivity contribution >= 4 is 17.2 Å². The predicted octanol–water partition coefficient (Wildman–Crippen LogP) is 3.02. The molecule has 24 heavy (non-hydrogen) atoms. The third-order valence-corrected chi connectivity index (χ3v) is 5.26. The van der Waals surface area contributed by atoms with Crippen molar-refractivity contribution in [1.82, 2.24) is 9.88 Å². The van der Waals surface area contributed by atoms with E-state index < -0.39 is 0 Å². The van der Waals surface area contributed by atoms with Gasteiger partial charge in [0.15, 0.2) is 0 Å². The minimum absolute atomic E-state index is 0.0268. The number of ether oxygens (including phenoxy) is 1. The number of carbonyl (C=O) groups excluding carboxylic acids is 1. The lowest BCUT2D eigenvalue weighted by atomic mass is 9.97. The second kappa shape index (κ2) is 7.77. The summed E-state index contributed by atoms with van der Waals surface area (Å²) in [5.41, 5.74) is 7.25. The number of amides is 1. The number of aromatic nitrogens is 1. The molecular formula is C18H23N3O2S. The molecule has 1 saturated heterocycles. The largest absolute Gasteiger partial charge is 0.494 e. The van der Waals surface area contributed by atoms with E-state index >= 15 is 0 Å². The Balaban J connectivity index is 1.67. The summed E-state index contributed by atoms with van der Waals surface area (Å²) in [6.45, 7) is 4.87. The highest BCUT2D eigenvalue weighted by Crippen LogP contribution is 2.27. The quantitative estimate of drug-likeness (QED) is 0.904. The van der Waals surface area contributed by atoms with Crippen LogP contribution in [0.2, 0.25) is 0 Å². The Morgan fingerprint density at radius 3 is 2.67 bits per heavy atom. The van der Waals surface area contributed by atoms with Gasteiger partial charge in [-0.15, -0.1) is 11.3 Å². The maximum absolute atomic E-state index is 12.6. The van der Waals surface area contributed by atoms with E-state index in [9.17, 15) is 4.79 Å². The fourth-order valence-electron chi connectivity index (χ4n) is 2.90. The van der Waals surface area contributed by atoms with Crippen LogP contribution in [-0.2, 0) is 0 Å². The topological polar surface area (TPSA) is 68.5 Å². The molecule has 2 aromatic rings. The molecular weight excluding hydrogens is 322 g/mol. The second-order valence-electron chi connectivity index (χ2n) is 5.97. The molecule has 0 unspecified atom stereocenters. The molecule has 6 heteroatoms. The lowest BCUT2D eigenvalue weighted by Crippen LogP contribution is -2.40. The molecule has 0 radical (unpaired) electrons. The number of carbonyl (C=O) groups is 1. The van der Waals surface area contributed by atoms with Gasteiger partial charge in [-0.25, -0.2) is 4.98 Å². The van der Waals surface area contributed by atoms with E-state index in [4.69, 9.17) is 10.5 Å². The first-order valence-electron chi connectivity index (χ1n) is 8.39. The number of benzene rings is 1. The van der Waals surface area contributed by atoms with Crippen molar-refractivity contribution in [2.45, 2.75) is 19.8 Å². The SMILES string of the molecule is CCOc1ccc(-c2nc(C(=O)N3CCC(CN)CC3)cs2)cc1. The molecule has 128 valence electrons. The van der Waals surface area contributed by atoms with Crippen LogP contribution in [0.4, 0.5) is 0 Å². The standard InChI is InChI=1S/C18H23N3O2S/c1-2-23-15-5-3-14(4-6-15)17-20-16(12-24-17)18(22)21-9-7-13(11-19)8-10-21/h3-6,12-13H,2,7-11,19H2,1H3. The number of nitrogens with two attached hydrogens (primary N) is 1. The summed E-state index contributed by atoms with van der Waals surface area (Å²) in [5.74, 6) is 1.42. The molecule has 1 aliphatic heterocycles. The van der Waals surface area contributed by atoms with E-state index in [1.54, 1.807) is 0 Å². The highest BCUT2D eigenvalue weighted by Gasteiger charge is 2.24. The smallest absolute Gasteiger partial charge is 0.273 e. The summed E-state index contributed by atoms with van der Waals surface area (Å²) in [4.78, 5) is 19.0. The number of thiazole rings is 1. The predicted molar refractivity (Wildman–Crippen MR) is 96.4 cm³/mol. The highest BCUT2D eigenvalue weighted by atomic mass is 32.1. The first-order valence-corrected chi connectivity index (χ1v) is 9.27. The van der Waals surface area contributed by atoms with Crippen molar-refractivity contribution in [3.05, 3.63) is 35.3 Å².